The first-order valence-electron chi connectivity index (χ1n) is 10.9. The van der Waals surface area contributed by atoms with Gasteiger partial charge in [-0.1, -0.05) is 0 Å². The summed E-state index contributed by atoms with van der Waals surface area (Å²) in [5, 5.41) is 9.30. The number of nitrogens with zero attached hydrogens (tertiary/aromatic N) is 1. The van der Waals surface area contributed by atoms with Gasteiger partial charge in [0.15, 0.2) is 0 Å². The highest BCUT2D eigenvalue weighted by atomic mass is 32.2. The van der Waals surface area contributed by atoms with E-state index in [1.165, 1.54) is 33.3 Å². The summed E-state index contributed by atoms with van der Waals surface area (Å²) < 4.78 is 76.8. The number of rotatable bonds is 12. The number of benzene rings is 1. The molecule has 0 bridgehead atoms. The molecule has 6 N–H and O–H groups in total. The number of methoxy groups -OCH3 is 2. The summed E-state index contributed by atoms with van der Waals surface area (Å²) in [5.74, 6) is -5.58. The average molecular weight is 595 g/mol. The Morgan fingerprint density at radius 1 is 1.15 bits per heavy atom. The second-order valence-electron chi connectivity index (χ2n) is 7.65. The molecule has 0 aliphatic heterocycles. The van der Waals surface area contributed by atoms with Crippen LogP contribution in [0, 0.1) is 5.41 Å². The van der Waals surface area contributed by atoms with Gasteiger partial charge in [0.05, 0.1) is 32.4 Å². The first-order chi connectivity index (χ1) is 18.6. The molecule has 40 heavy (non-hydrogen) atoms. The molecular formula is C21H25F3N6O9S. The molecule has 0 saturated carbocycles. The number of guanidine groups is 1. The molecule has 1 atom stereocenters. The van der Waals surface area contributed by atoms with Gasteiger partial charge in [0.1, 0.15) is 22.1 Å². The predicted octanol–water partition coefficient (Wildman–Crippen LogP) is -0.182. The SMILES string of the molecule is COc1ccc(OC)c(S(=O)(=O)Nc2ccc(C(C)C(=O)NCCONC(=N)N)n(OC(=O)C(F)(F)F)c2=O)c1. The zero-order valence-electron chi connectivity index (χ0n) is 21.1. The summed E-state index contributed by atoms with van der Waals surface area (Å²) in [6.45, 7) is 0.848. The van der Waals surface area contributed by atoms with Crippen LogP contribution in [-0.4, -0.2) is 64.5 Å². The van der Waals surface area contributed by atoms with Gasteiger partial charge < -0.3 is 25.4 Å². The van der Waals surface area contributed by atoms with Crippen LogP contribution < -0.4 is 41.1 Å². The molecule has 19 heteroatoms. The van der Waals surface area contributed by atoms with E-state index < -0.39 is 61.8 Å². The van der Waals surface area contributed by atoms with Crippen LogP contribution in [-0.2, 0) is 24.4 Å². The van der Waals surface area contributed by atoms with Gasteiger partial charge in [-0.05, 0) is 31.2 Å². The molecule has 0 saturated heterocycles. The highest BCUT2D eigenvalue weighted by molar-refractivity contribution is 7.92. The van der Waals surface area contributed by atoms with Gasteiger partial charge in [-0.15, -0.1) is 4.73 Å². The van der Waals surface area contributed by atoms with Crippen LogP contribution in [0.2, 0.25) is 0 Å². The molecule has 220 valence electrons. The van der Waals surface area contributed by atoms with Crippen LogP contribution in [0.15, 0.2) is 40.0 Å². The number of hydrogen-bond acceptors (Lipinski definition) is 10. The number of halogens is 3. The summed E-state index contributed by atoms with van der Waals surface area (Å²) in [5.41, 5.74) is 4.16. The number of anilines is 1. The third kappa shape index (κ3) is 7.99. The van der Waals surface area contributed by atoms with Gasteiger partial charge in [0.2, 0.25) is 11.9 Å². The lowest BCUT2D eigenvalue weighted by atomic mass is 10.1. The number of sulfonamides is 1. The zero-order chi connectivity index (χ0) is 30.3. The van der Waals surface area contributed by atoms with Crippen LogP contribution in [0.5, 0.6) is 11.5 Å². The van der Waals surface area contributed by atoms with Crippen molar-refractivity contribution in [3.63, 3.8) is 0 Å². The number of ether oxygens (including phenoxy) is 2. The summed E-state index contributed by atoms with van der Waals surface area (Å²) in [4.78, 5) is 45.7. The Balaban J connectivity index is 2.46. The zero-order valence-corrected chi connectivity index (χ0v) is 21.9. The van der Waals surface area contributed by atoms with Crippen molar-refractivity contribution in [1.29, 1.82) is 5.41 Å². The van der Waals surface area contributed by atoms with Crippen LogP contribution in [0.4, 0.5) is 18.9 Å². The Labute approximate surface area is 224 Å². The Morgan fingerprint density at radius 3 is 2.40 bits per heavy atom. The Morgan fingerprint density at radius 2 is 1.82 bits per heavy atom. The van der Waals surface area contributed by atoms with E-state index in [9.17, 15) is 36.0 Å². The minimum absolute atomic E-state index is 0.107. The first kappa shape index (κ1) is 31.7. The monoisotopic (exact) mass is 594 g/mol. The fraction of sp³-hybridized carbons (Fsp3) is 0.333. The normalized spacial score (nSPS) is 12.2. The van der Waals surface area contributed by atoms with Crippen molar-refractivity contribution in [1.82, 2.24) is 15.5 Å². The Kier molecular flexibility index (Phi) is 10.3. The van der Waals surface area contributed by atoms with E-state index in [2.05, 4.69) is 10.2 Å². The molecule has 1 aromatic carbocycles. The number of hydroxylamine groups is 1. The fourth-order valence-corrected chi connectivity index (χ4v) is 4.24. The second-order valence-corrected chi connectivity index (χ2v) is 9.30. The minimum atomic E-state index is -5.53. The molecule has 0 aliphatic rings. The van der Waals surface area contributed by atoms with Crippen molar-refractivity contribution in [2.45, 2.75) is 23.9 Å². The molecule has 0 radical (unpaired) electrons. The predicted molar refractivity (Wildman–Crippen MR) is 131 cm³/mol. The number of alkyl halides is 3. The molecule has 0 fully saturated rings. The number of nitrogens with two attached hydrogens (primary N) is 1. The number of aromatic nitrogens is 1. The number of carbonyl (C=O) groups excluding carboxylic acids is 2. The lowest BCUT2D eigenvalue weighted by Gasteiger charge is -2.19. The van der Waals surface area contributed by atoms with E-state index >= 15 is 0 Å². The highest BCUT2D eigenvalue weighted by Crippen LogP contribution is 2.29. The largest absolute Gasteiger partial charge is 0.497 e. The molecule has 1 aromatic heterocycles. The molecule has 2 rings (SSSR count). The van der Waals surface area contributed by atoms with Crippen molar-refractivity contribution in [2.24, 2.45) is 5.73 Å². The maximum atomic E-state index is 13.1. The molecule has 1 unspecified atom stereocenters. The van der Waals surface area contributed by atoms with Crippen molar-refractivity contribution in [2.75, 3.05) is 32.1 Å². The maximum Gasteiger partial charge on any atom is 0.493 e. The lowest BCUT2D eigenvalue weighted by molar-refractivity contribution is -0.200. The standard InChI is InChI=1S/C21H25F3N6O9S/c1-11(17(31)27-8-9-38-28-20(25)26)14-6-5-13(18(32)30(14)39-19(33)21(22,23)24)29-40(34,35)16-10-12(36-2)4-7-15(16)37-3/h4-7,10-11,29H,8-9H2,1-3H3,(H,27,31)(H4,25,26,28). The molecule has 2 aromatic rings. The van der Waals surface area contributed by atoms with Crippen molar-refractivity contribution in [3.8, 4) is 11.5 Å². The van der Waals surface area contributed by atoms with Gasteiger partial charge in [0.25, 0.3) is 10.0 Å². The molecule has 15 nitrogen and oxygen atoms in total. The number of carbonyl (C=O) groups is 2. The van der Waals surface area contributed by atoms with Gasteiger partial charge in [0, 0.05) is 12.6 Å². The summed E-state index contributed by atoms with van der Waals surface area (Å²) >= 11 is 0. The first-order valence-corrected chi connectivity index (χ1v) is 12.4. The second kappa shape index (κ2) is 13.0. The number of hydrogen-bond donors (Lipinski definition) is 5. The van der Waals surface area contributed by atoms with E-state index in [4.69, 9.17) is 25.5 Å². The van der Waals surface area contributed by atoms with Gasteiger partial charge in [-0.2, -0.15) is 13.2 Å². The number of pyridine rings is 1. The summed E-state index contributed by atoms with van der Waals surface area (Å²) in [6.07, 6.45) is -5.53. The number of amides is 1. The molecule has 1 amide bonds. The van der Waals surface area contributed by atoms with E-state index in [-0.39, 0.29) is 29.4 Å². The Hall–Kier alpha value is -4.52. The smallest absolute Gasteiger partial charge is 0.493 e. The lowest BCUT2D eigenvalue weighted by Crippen LogP contribution is -2.42. The van der Waals surface area contributed by atoms with Gasteiger partial charge in [-0.3, -0.25) is 24.6 Å². The van der Waals surface area contributed by atoms with E-state index in [1.54, 1.807) is 0 Å². The molecule has 0 spiro atoms. The van der Waals surface area contributed by atoms with Crippen LogP contribution in [0.25, 0.3) is 0 Å². The number of nitrogens with one attached hydrogen (secondary N) is 4. The molecular weight excluding hydrogens is 569 g/mol. The summed E-state index contributed by atoms with van der Waals surface area (Å²) in [7, 11) is -2.16. The van der Waals surface area contributed by atoms with E-state index in [0.29, 0.717) is 0 Å². The van der Waals surface area contributed by atoms with E-state index in [1.807, 2.05) is 10.2 Å². The summed E-state index contributed by atoms with van der Waals surface area (Å²) in [6, 6.07) is 5.53. The van der Waals surface area contributed by atoms with Crippen LogP contribution in [0.1, 0.15) is 18.5 Å². The third-order valence-electron chi connectivity index (χ3n) is 4.90. The van der Waals surface area contributed by atoms with Crippen LogP contribution in [0.3, 0.4) is 0 Å². The molecule has 1 heterocycles. The van der Waals surface area contributed by atoms with Crippen molar-refractivity contribution < 1.29 is 50.3 Å². The highest BCUT2D eigenvalue weighted by Gasteiger charge is 2.43. The fourth-order valence-electron chi connectivity index (χ4n) is 3.00. The molecule has 0 aliphatic carbocycles. The quantitative estimate of drug-likeness (QED) is 0.0941. The average Bonchev–Trinajstić information content (AvgIpc) is 2.88. The van der Waals surface area contributed by atoms with E-state index in [0.717, 1.165) is 18.2 Å². The van der Waals surface area contributed by atoms with Gasteiger partial charge >= 0.3 is 17.7 Å². The minimum Gasteiger partial charge on any atom is -0.497 e. The topological polar surface area (TPSA) is 213 Å². The van der Waals surface area contributed by atoms with Crippen molar-refractivity contribution in [3.05, 3.63) is 46.4 Å². The third-order valence-corrected chi connectivity index (χ3v) is 6.29. The maximum absolute atomic E-state index is 13.1. The van der Waals surface area contributed by atoms with Crippen molar-refractivity contribution >= 4 is 33.5 Å². The van der Waals surface area contributed by atoms with Gasteiger partial charge in [-0.25, -0.2) is 18.7 Å². The van der Waals surface area contributed by atoms with Crippen LogP contribution >= 0.6 is 0 Å². The Bertz CT molecular complexity index is 1430.